The van der Waals surface area contributed by atoms with Crippen molar-refractivity contribution in [3.05, 3.63) is 36.5 Å². The van der Waals surface area contributed by atoms with Crippen molar-refractivity contribution in [2.75, 3.05) is 6.54 Å². The van der Waals surface area contributed by atoms with Gasteiger partial charge in [-0.2, -0.15) is 13.2 Å². The van der Waals surface area contributed by atoms with Gasteiger partial charge in [0.2, 0.25) is 0 Å². The SMILES string of the molecule is NCC(Cn1ccc2ccccc21)C(F)(F)F. The number of hydrogen-bond donors (Lipinski definition) is 1. The first-order valence-corrected chi connectivity index (χ1v) is 5.33. The van der Waals surface area contributed by atoms with E-state index in [1.54, 1.807) is 22.9 Å². The summed E-state index contributed by atoms with van der Waals surface area (Å²) >= 11 is 0. The Balaban J connectivity index is 2.29. The standard InChI is InChI=1S/C12H13F3N2/c13-12(14,15)10(7-16)8-17-6-5-9-3-1-2-4-11(9)17/h1-6,10H,7-8,16H2. The summed E-state index contributed by atoms with van der Waals surface area (Å²) in [6, 6.07) is 9.15. The number of aromatic nitrogens is 1. The fourth-order valence-electron chi connectivity index (χ4n) is 1.85. The summed E-state index contributed by atoms with van der Waals surface area (Å²) in [5, 5.41) is 0.936. The Morgan fingerprint density at radius 2 is 1.88 bits per heavy atom. The Hall–Kier alpha value is -1.49. The average Bonchev–Trinajstić information content (AvgIpc) is 2.67. The zero-order valence-electron chi connectivity index (χ0n) is 9.11. The van der Waals surface area contributed by atoms with Gasteiger partial charge in [0.15, 0.2) is 0 Å². The lowest BCUT2D eigenvalue weighted by Crippen LogP contribution is -2.33. The number of para-hydroxylation sites is 1. The van der Waals surface area contributed by atoms with Crippen molar-refractivity contribution in [3.8, 4) is 0 Å². The first-order chi connectivity index (χ1) is 8.02. The molecule has 0 aliphatic heterocycles. The molecule has 2 rings (SSSR count). The summed E-state index contributed by atoms with van der Waals surface area (Å²) in [7, 11) is 0. The van der Waals surface area contributed by atoms with Crippen LogP contribution in [0.5, 0.6) is 0 Å². The lowest BCUT2D eigenvalue weighted by Gasteiger charge is -2.19. The molecule has 2 N–H and O–H groups in total. The first-order valence-electron chi connectivity index (χ1n) is 5.33. The van der Waals surface area contributed by atoms with Crippen LogP contribution in [0.3, 0.4) is 0 Å². The molecule has 0 aliphatic carbocycles. The fourth-order valence-corrected chi connectivity index (χ4v) is 1.85. The number of fused-ring (bicyclic) bond motifs is 1. The Bertz CT molecular complexity index is 502. The second-order valence-electron chi connectivity index (χ2n) is 4.00. The average molecular weight is 242 g/mol. The van der Waals surface area contributed by atoms with Gasteiger partial charge in [0.25, 0.3) is 0 Å². The normalized spacial score (nSPS) is 14.1. The van der Waals surface area contributed by atoms with Crippen molar-refractivity contribution in [1.29, 1.82) is 0 Å². The van der Waals surface area contributed by atoms with E-state index in [0.717, 1.165) is 10.9 Å². The third kappa shape index (κ3) is 2.44. The molecular weight excluding hydrogens is 229 g/mol. The van der Waals surface area contributed by atoms with E-state index in [1.807, 2.05) is 18.2 Å². The predicted octanol–water partition coefficient (Wildman–Crippen LogP) is 2.78. The van der Waals surface area contributed by atoms with Gasteiger partial charge in [0.1, 0.15) is 0 Å². The summed E-state index contributed by atoms with van der Waals surface area (Å²) in [4.78, 5) is 0. The van der Waals surface area contributed by atoms with Crippen molar-refractivity contribution in [1.82, 2.24) is 4.57 Å². The van der Waals surface area contributed by atoms with Crippen molar-refractivity contribution in [3.63, 3.8) is 0 Å². The van der Waals surface area contributed by atoms with E-state index in [2.05, 4.69) is 0 Å². The topological polar surface area (TPSA) is 30.9 Å². The van der Waals surface area contributed by atoms with E-state index in [0.29, 0.717) is 0 Å². The molecule has 0 bridgehead atoms. The molecule has 1 unspecified atom stereocenters. The van der Waals surface area contributed by atoms with Crippen LogP contribution >= 0.6 is 0 Å². The molecule has 0 spiro atoms. The van der Waals surface area contributed by atoms with Crippen LogP contribution < -0.4 is 5.73 Å². The minimum absolute atomic E-state index is 0.131. The van der Waals surface area contributed by atoms with E-state index in [9.17, 15) is 13.2 Å². The first kappa shape index (κ1) is 12.0. The highest BCUT2D eigenvalue weighted by atomic mass is 19.4. The molecule has 0 amide bonds. The van der Waals surface area contributed by atoms with Gasteiger partial charge < -0.3 is 10.3 Å². The van der Waals surface area contributed by atoms with Crippen molar-refractivity contribution >= 4 is 10.9 Å². The third-order valence-electron chi connectivity index (χ3n) is 2.84. The number of benzene rings is 1. The number of rotatable bonds is 3. The summed E-state index contributed by atoms with van der Waals surface area (Å²) in [5.41, 5.74) is 5.99. The van der Waals surface area contributed by atoms with E-state index in [4.69, 9.17) is 5.73 Å². The van der Waals surface area contributed by atoms with E-state index >= 15 is 0 Å². The van der Waals surface area contributed by atoms with Crippen molar-refractivity contribution < 1.29 is 13.2 Å². The monoisotopic (exact) mass is 242 g/mol. The fraction of sp³-hybridized carbons (Fsp3) is 0.333. The Morgan fingerprint density at radius 3 is 2.53 bits per heavy atom. The maximum Gasteiger partial charge on any atom is 0.394 e. The van der Waals surface area contributed by atoms with Gasteiger partial charge in [0.05, 0.1) is 5.92 Å². The molecule has 0 saturated heterocycles. The third-order valence-corrected chi connectivity index (χ3v) is 2.84. The van der Waals surface area contributed by atoms with Crippen LogP contribution in [0.15, 0.2) is 36.5 Å². The van der Waals surface area contributed by atoms with E-state index in [1.165, 1.54) is 0 Å². The highest BCUT2D eigenvalue weighted by Gasteiger charge is 2.38. The number of hydrogen-bond acceptors (Lipinski definition) is 1. The molecule has 1 atom stereocenters. The van der Waals surface area contributed by atoms with Gasteiger partial charge in [-0.15, -0.1) is 0 Å². The molecule has 92 valence electrons. The van der Waals surface area contributed by atoms with Gasteiger partial charge in [-0.25, -0.2) is 0 Å². The summed E-state index contributed by atoms with van der Waals surface area (Å²) in [5.74, 6) is -1.50. The zero-order chi connectivity index (χ0) is 12.5. The minimum atomic E-state index is -4.25. The number of nitrogens with two attached hydrogens (primary N) is 1. The molecule has 0 aliphatic rings. The van der Waals surface area contributed by atoms with Crippen LogP contribution in [-0.2, 0) is 6.54 Å². The molecule has 2 nitrogen and oxygen atoms in total. The van der Waals surface area contributed by atoms with Crippen LogP contribution in [0.25, 0.3) is 10.9 Å². The van der Waals surface area contributed by atoms with Crippen LogP contribution in [-0.4, -0.2) is 17.3 Å². The van der Waals surface area contributed by atoms with Crippen LogP contribution in [0.1, 0.15) is 0 Å². The molecule has 1 heterocycles. The van der Waals surface area contributed by atoms with Crippen LogP contribution in [0, 0.1) is 5.92 Å². The smallest absolute Gasteiger partial charge is 0.347 e. The number of alkyl halides is 3. The highest BCUT2D eigenvalue weighted by Crippen LogP contribution is 2.28. The molecule has 5 heteroatoms. The Morgan fingerprint density at radius 1 is 1.18 bits per heavy atom. The largest absolute Gasteiger partial charge is 0.394 e. The van der Waals surface area contributed by atoms with Gasteiger partial charge >= 0.3 is 6.18 Å². The van der Waals surface area contributed by atoms with Crippen molar-refractivity contribution in [2.45, 2.75) is 12.7 Å². The second-order valence-corrected chi connectivity index (χ2v) is 4.00. The molecule has 0 fully saturated rings. The molecule has 1 aromatic heterocycles. The predicted molar refractivity (Wildman–Crippen MR) is 60.5 cm³/mol. The van der Waals surface area contributed by atoms with E-state index in [-0.39, 0.29) is 6.54 Å². The quantitative estimate of drug-likeness (QED) is 0.881. The zero-order valence-corrected chi connectivity index (χ0v) is 9.11. The lowest BCUT2D eigenvalue weighted by atomic mass is 10.1. The maximum absolute atomic E-state index is 12.6. The van der Waals surface area contributed by atoms with Gasteiger partial charge in [-0.3, -0.25) is 0 Å². The summed E-state index contributed by atoms with van der Waals surface area (Å²) in [6.07, 6.45) is -2.58. The second kappa shape index (κ2) is 4.41. The highest BCUT2D eigenvalue weighted by molar-refractivity contribution is 5.79. The van der Waals surface area contributed by atoms with Crippen LogP contribution in [0.4, 0.5) is 13.2 Å². The minimum Gasteiger partial charge on any atom is -0.347 e. The van der Waals surface area contributed by atoms with Gasteiger partial charge in [-0.1, -0.05) is 18.2 Å². The number of nitrogens with zero attached hydrogens (tertiary/aromatic N) is 1. The van der Waals surface area contributed by atoms with Crippen LogP contribution in [0.2, 0.25) is 0 Å². The van der Waals surface area contributed by atoms with E-state index < -0.39 is 18.6 Å². The molecule has 17 heavy (non-hydrogen) atoms. The molecule has 0 radical (unpaired) electrons. The van der Waals surface area contributed by atoms with Crippen molar-refractivity contribution in [2.24, 2.45) is 11.7 Å². The molecule has 0 saturated carbocycles. The lowest BCUT2D eigenvalue weighted by molar-refractivity contribution is -0.174. The Kier molecular flexibility index (Phi) is 3.11. The maximum atomic E-state index is 12.6. The van der Waals surface area contributed by atoms with Gasteiger partial charge in [0, 0.05) is 24.8 Å². The molecule has 1 aromatic carbocycles. The summed E-state index contributed by atoms with van der Waals surface area (Å²) < 4.78 is 39.5. The Labute approximate surface area is 96.8 Å². The summed E-state index contributed by atoms with van der Waals surface area (Å²) in [6.45, 7) is -0.524. The molecular formula is C12H13F3N2. The van der Waals surface area contributed by atoms with Gasteiger partial charge in [-0.05, 0) is 17.5 Å². The molecule has 2 aromatic rings. The number of halogens is 3.